The summed E-state index contributed by atoms with van der Waals surface area (Å²) in [5, 5.41) is 2.71. The van der Waals surface area contributed by atoms with Gasteiger partial charge in [0.05, 0.1) is 6.54 Å². The minimum Gasteiger partial charge on any atom is -0.353 e. The van der Waals surface area contributed by atoms with Crippen LogP contribution in [0.4, 0.5) is 0 Å². The van der Waals surface area contributed by atoms with E-state index in [1.165, 1.54) is 0 Å². The second-order valence-electron chi connectivity index (χ2n) is 4.13. The number of benzene rings is 1. The van der Waals surface area contributed by atoms with Gasteiger partial charge in [0.15, 0.2) is 0 Å². The van der Waals surface area contributed by atoms with Crippen molar-refractivity contribution in [1.29, 1.82) is 0 Å². The number of carbonyl (C=O) groups excluding carboxylic acids is 2. The monoisotopic (exact) mass is 264 g/mol. The van der Waals surface area contributed by atoms with Crippen molar-refractivity contribution < 1.29 is 11.0 Å². The zero-order valence-corrected chi connectivity index (χ0v) is 11.9. The Kier molecular flexibility index (Phi) is 6.06. The summed E-state index contributed by atoms with van der Waals surface area (Å²) in [6, 6.07) is 7.58. The molecular weight excluding hydrogens is 240 g/mol. The molecule has 0 bridgehead atoms. The number of nitrogens with one attached hydrogen (secondary N) is 1. The topological polar surface area (TPSA) is 49.4 Å². The van der Waals surface area contributed by atoms with Crippen LogP contribution in [-0.2, 0) is 11.2 Å². The summed E-state index contributed by atoms with van der Waals surface area (Å²) < 4.78 is 0. The van der Waals surface area contributed by atoms with Crippen molar-refractivity contribution in [3.05, 3.63) is 35.4 Å². The van der Waals surface area contributed by atoms with Gasteiger partial charge in [0.2, 0.25) is 5.91 Å². The quantitative estimate of drug-likeness (QED) is 0.889. The summed E-state index contributed by atoms with van der Waals surface area (Å²) in [6.45, 7) is 7.34. The third-order valence-corrected chi connectivity index (χ3v) is 2.91. The molecule has 0 radical (unpaired) electrons. The average Bonchev–Trinajstić information content (AvgIpc) is 2.48. The lowest BCUT2D eigenvalue weighted by atomic mass is 10.1. The summed E-state index contributed by atoms with van der Waals surface area (Å²) in [4.78, 5) is 25.0. The van der Waals surface area contributed by atoms with Crippen LogP contribution >= 0.6 is 0 Å². The molecule has 1 N–H and O–H groups in total. The van der Waals surface area contributed by atoms with Crippen molar-refractivity contribution in [2.45, 2.75) is 27.2 Å². The first-order valence-electron chi connectivity index (χ1n) is 6.85. The molecule has 19 heavy (non-hydrogen) atoms. The summed E-state index contributed by atoms with van der Waals surface area (Å²) in [6.07, 6.45) is 0.904. The van der Waals surface area contributed by atoms with E-state index in [0.29, 0.717) is 18.7 Å². The Hall–Kier alpha value is -1.84. The molecule has 0 aromatic heterocycles. The minimum absolute atomic E-state index is 0. The van der Waals surface area contributed by atoms with E-state index in [4.69, 9.17) is 0 Å². The van der Waals surface area contributed by atoms with E-state index in [1.807, 2.05) is 32.0 Å². The standard InChI is InChI=1S/C13H16N2O2.C2H6.H2/c1-2-10-4-3-5-11(8-10)13(17)15-7-6-14-12(16)9-15;1-2;/h3-5,8H,2,6-7,9H2,1H3,(H,14,16);1-2H3;1H. The van der Waals surface area contributed by atoms with Gasteiger partial charge in [-0.2, -0.15) is 0 Å². The van der Waals surface area contributed by atoms with Crippen LogP contribution in [0, 0.1) is 0 Å². The van der Waals surface area contributed by atoms with Crippen molar-refractivity contribution in [3.8, 4) is 0 Å². The Morgan fingerprint density at radius 2 is 2.16 bits per heavy atom. The second kappa shape index (κ2) is 7.56. The van der Waals surface area contributed by atoms with Gasteiger partial charge >= 0.3 is 0 Å². The fourth-order valence-corrected chi connectivity index (χ4v) is 1.92. The highest BCUT2D eigenvalue weighted by Gasteiger charge is 2.22. The van der Waals surface area contributed by atoms with Gasteiger partial charge in [0, 0.05) is 20.1 Å². The summed E-state index contributed by atoms with van der Waals surface area (Å²) in [7, 11) is 0. The number of amides is 2. The molecular formula is C15H24N2O2. The van der Waals surface area contributed by atoms with E-state index in [2.05, 4.69) is 12.2 Å². The number of nitrogens with zero attached hydrogens (tertiary/aromatic N) is 1. The highest BCUT2D eigenvalue weighted by molar-refractivity contribution is 5.97. The van der Waals surface area contributed by atoms with Crippen molar-refractivity contribution in [2.75, 3.05) is 19.6 Å². The number of hydrogen-bond acceptors (Lipinski definition) is 2. The highest BCUT2D eigenvalue weighted by Crippen LogP contribution is 2.10. The highest BCUT2D eigenvalue weighted by atomic mass is 16.2. The van der Waals surface area contributed by atoms with E-state index < -0.39 is 0 Å². The van der Waals surface area contributed by atoms with Gasteiger partial charge in [0.1, 0.15) is 0 Å². The molecule has 1 fully saturated rings. The molecule has 1 aromatic rings. The van der Waals surface area contributed by atoms with E-state index in [0.717, 1.165) is 12.0 Å². The first-order chi connectivity index (χ1) is 9.20. The van der Waals surface area contributed by atoms with Crippen LogP contribution in [0.2, 0.25) is 0 Å². The van der Waals surface area contributed by atoms with Crippen molar-refractivity contribution in [1.82, 2.24) is 10.2 Å². The van der Waals surface area contributed by atoms with E-state index in [1.54, 1.807) is 11.0 Å². The summed E-state index contributed by atoms with van der Waals surface area (Å²) in [5.74, 6) is -0.147. The molecule has 1 aliphatic rings. The average molecular weight is 264 g/mol. The van der Waals surface area contributed by atoms with E-state index >= 15 is 0 Å². The smallest absolute Gasteiger partial charge is 0.254 e. The molecule has 0 saturated carbocycles. The minimum atomic E-state index is -0.0868. The van der Waals surface area contributed by atoms with Crippen molar-refractivity contribution in [2.24, 2.45) is 0 Å². The SMILES string of the molecule is CC.CCc1cccc(C(=O)N2CCNC(=O)C2)c1.[HH]. The van der Waals surface area contributed by atoms with Gasteiger partial charge in [0.25, 0.3) is 5.91 Å². The predicted octanol–water partition coefficient (Wildman–Crippen LogP) is 2.09. The fourth-order valence-electron chi connectivity index (χ4n) is 1.92. The van der Waals surface area contributed by atoms with Gasteiger partial charge in [-0.15, -0.1) is 0 Å². The molecule has 1 aromatic carbocycles. The maximum absolute atomic E-state index is 12.2. The number of rotatable bonds is 2. The molecule has 1 aliphatic heterocycles. The number of aryl methyl sites for hydroxylation is 1. The Morgan fingerprint density at radius 3 is 2.79 bits per heavy atom. The van der Waals surface area contributed by atoms with Crippen LogP contribution < -0.4 is 5.32 Å². The molecule has 2 amide bonds. The Bertz CT molecular complexity index is 449. The predicted molar refractivity (Wildman–Crippen MR) is 78.2 cm³/mol. The number of hydrogen-bond donors (Lipinski definition) is 1. The van der Waals surface area contributed by atoms with E-state index in [9.17, 15) is 9.59 Å². The van der Waals surface area contributed by atoms with Gasteiger partial charge in [-0.25, -0.2) is 0 Å². The largest absolute Gasteiger partial charge is 0.353 e. The van der Waals surface area contributed by atoms with Crippen LogP contribution in [0.5, 0.6) is 0 Å². The lowest BCUT2D eigenvalue weighted by Gasteiger charge is -2.26. The van der Waals surface area contributed by atoms with Gasteiger partial charge < -0.3 is 10.2 Å². The summed E-state index contributed by atoms with van der Waals surface area (Å²) >= 11 is 0. The fraction of sp³-hybridized carbons (Fsp3) is 0.467. The second-order valence-corrected chi connectivity index (χ2v) is 4.13. The molecule has 0 spiro atoms. The van der Waals surface area contributed by atoms with Gasteiger partial charge in [-0.3, -0.25) is 9.59 Å². The van der Waals surface area contributed by atoms with Crippen molar-refractivity contribution >= 4 is 11.8 Å². The first-order valence-corrected chi connectivity index (χ1v) is 6.85. The van der Waals surface area contributed by atoms with Gasteiger partial charge in [-0.05, 0) is 24.1 Å². The molecule has 1 saturated heterocycles. The maximum Gasteiger partial charge on any atom is 0.254 e. The van der Waals surface area contributed by atoms with Gasteiger partial charge in [-0.1, -0.05) is 32.9 Å². The molecule has 106 valence electrons. The Morgan fingerprint density at radius 1 is 1.42 bits per heavy atom. The molecule has 2 rings (SSSR count). The van der Waals surface area contributed by atoms with Crippen molar-refractivity contribution in [3.63, 3.8) is 0 Å². The first kappa shape index (κ1) is 15.2. The molecule has 1 heterocycles. The number of carbonyl (C=O) groups is 2. The zero-order valence-electron chi connectivity index (χ0n) is 11.9. The maximum atomic E-state index is 12.2. The van der Waals surface area contributed by atoms with Crippen LogP contribution in [0.25, 0.3) is 0 Å². The number of piperazine rings is 1. The van der Waals surface area contributed by atoms with Crippen LogP contribution in [0.15, 0.2) is 24.3 Å². The molecule has 4 nitrogen and oxygen atoms in total. The summed E-state index contributed by atoms with van der Waals surface area (Å²) in [5.41, 5.74) is 1.80. The van der Waals surface area contributed by atoms with E-state index in [-0.39, 0.29) is 19.8 Å². The Labute approximate surface area is 116 Å². The Balaban J connectivity index is 0.00000115. The zero-order chi connectivity index (χ0) is 14.3. The lowest BCUT2D eigenvalue weighted by Crippen LogP contribution is -2.49. The molecule has 0 unspecified atom stereocenters. The molecule has 0 atom stereocenters. The third kappa shape index (κ3) is 4.09. The van der Waals surface area contributed by atoms with Crippen LogP contribution in [0.3, 0.4) is 0 Å². The van der Waals surface area contributed by atoms with Crippen LogP contribution in [-0.4, -0.2) is 36.3 Å². The lowest BCUT2D eigenvalue weighted by molar-refractivity contribution is -0.123. The molecule has 4 heteroatoms. The molecule has 0 aliphatic carbocycles. The third-order valence-electron chi connectivity index (χ3n) is 2.91. The normalized spacial score (nSPS) is 14.3. The van der Waals surface area contributed by atoms with Crippen LogP contribution in [0.1, 0.15) is 38.1 Å².